The Morgan fingerprint density at radius 2 is 1.90 bits per heavy atom. The largest absolute Gasteiger partial charge is 0.487 e. The normalized spacial score (nSPS) is 17.1. The van der Waals surface area contributed by atoms with Crippen LogP contribution in [0.15, 0.2) is 48.5 Å². The summed E-state index contributed by atoms with van der Waals surface area (Å²) in [6.07, 6.45) is 0.990. The molecule has 0 aromatic heterocycles. The lowest BCUT2D eigenvalue weighted by molar-refractivity contribution is 0.138. The molecule has 2 heteroatoms. The smallest absolute Gasteiger partial charge is 0.123 e. The van der Waals surface area contributed by atoms with Crippen LogP contribution in [0.1, 0.15) is 43.5 Å². The Bertz CT molecular complexity index is 619. The van der Waals surface area contributed by atoms with E-state index in [0.29, 0.717) is 6.04 Å². The van der Waals surface area contributed by atoms with Gasteiger partial charge in [-0.2, -0.15) is 0 Å². The van der Waals surface area contributed by atoms with Gasteiger partial charge in [0, 0.05) is 19.0 Å². The quantitative estimate of drug-likeness (QED) is 0.904. The zero-order chi connectivity index (χ0) is 14.9. The van der Waals surface area contributed by atoms with Gasteiger partial charge in [0.1, 0.15) is 11.4 Å². The molecule has 0 spiro atoms. The predicted molar refractivity (Wildman–Crippen MR) is 86.5 cm³/mol. The predicted octanol–water partition coefficient (Wildman–Crippen LogP) is 4.25. The maximum atomic E-state index is 5.92. The molecule has 0 saturated carbocycles. The first-order valence-electron chi connectivity index (χ1n) is 7.63. The van der Waals surface area contributed by atoms with Gasteiger partial charge in [0.2, 0.25) is 0 Å². The summed E-state index contributed by atoms with van der Waals surface area (Å²) in [6.45, 7) is 7.36. The van der Waals surface area contributed by atoms with E-state index in [0.717, 1.165) is 18.7 Å². The van der Waals surface area contributed by atoms with Crippen LogP contribution >= 0.6 is 0 Å². The third-order valence-electron chi connectivity index (χ3n) is 4.04. The molecule has 1 unspecified atom stereocenters. The van der Waals surface area contributed by atoms with Gasteiger partial charge in [-0.1, -0.05) is 42.5 Å². The first-order valence-corrected chi connectivity index (χ1v) is 7.63. The highest BCUT2D eigenvalue weighted by Crippen LogP contribution is 2.35. The SMILES string of the molecule is CC(NCc1ccc2c(c1)CC(C)(C)O2)c1ccccc1. The molecule has 0 amide bonds. The number of fused-ring (bicyclic) bond motifs is 1. The average molecular weight is 281 g/mol. The lowest BCUT2D eigenvalue weighted by Crippen LogP contribution is -2.24. The summed E-state index contributed by atoms with van der Waals surface area (Å²) in [6, 6.07) is 17.4. The van der Waals surface area contributed by atoms with Crippen molar-refractivity contribution in [3.63, 3.8) is 0 Å². The van der Waals surface area contributed by atoms with Gasteiger partial charge < -0.3 is 10.1 Å². The topological polar surface area (TPSA) is 21.3 Å². The van der Waals surface area contributed by atoms with Crippen molar-refractivity contribution in [1.82, 2.24) is 5.32 Å². The van der Waals surface area contributed by atoms with Crippen molar-refractivity contribution in [2.45, 2.75) is 45.4 Å². The number of rotatable bonds is 4. The number of hydrogen-bond donors (Lipinski definition) is 1. The van der Waals surface area contributed by atoms with Crippen LogP contribution < -0.4 is 10.1 Å². The van der Waals surface area contributed by atoms with E-state index in [4.69, 9.17) is 4.74 Å². The Balaban J connectivity index is 1.65. The van der Waals surface area contributed by atoms with Crippen molar-refractivity contribution in [2.24, 2.45) is 0 Å². The molecule has 2 aromatic rings. The molecule has 2 nitrogen and oxygen atoms in total. The Morgan fingerprint density at radius 1 is 1.14 bits per heavy atom. The highest BCUT2D eigenvalue weighted by Gasteiger charge is 2.29. The van der Waals surface area contributed by atoms with Gasteiger partial charge in [0.25, 0.3) is 0 Å². The summed E-state index contributed by atoms with van der Waals surface area (Å²) in [5, 5.41) is 3.59. The monoisotopic (exact) mass is 281 g/mol. The van der Waals surface area contributed by atoms with E-state index in [1.807, 2.05) is 0 Å². The van der Waals surface area contributed by atoms with Gasteiger partial charge >= 0.3 is 0 Å². The molecule has 21 heavy (non-hydrogen) atoms. The van der Waals surface area contributed by atoms with Crippen molar-refractivity contribution in [3.8, 4) is 5.75 Å². The zero-order valence-electron chi connectivity index (χ0n) is 13.0. The lowest BCUT2D eigenvalue weighted by Gasteiger charge is -2.16. The molecule has 1 aliphatic heterocycles. The summed E-state index contributed by atoms with van der Waals surface area (Å²) in [7, 11) is 0. The van der Waals surface area contributed by atoms with Gasteiger partial charge in [-0.25, -0.2) is 0 Å². The average Bonchev–Trinajstić information content (AvgIpc) is 2.78. The Labute approximate surface area is 127 Å². The molecule has 1 aliphatic rings. The molecule has 110 valence electrons. The second-order valence-electron chi connectivity index (χ2n) is 6.49. The molecule has 3 rings (SSSR count). The van der Waals surface area contributed by atoms with Crippen molar-refractivity contribution < 1.29 is 4.74 Å². The van der Waals surface area contributed by atoms with E-state index in [2.05, 4.69) is 74.6 Å². The minimum atomic E-state index is -0.0638. The standard InChI is InChI=1S/C19H23NO/c1-14(16-7-5-4-6-8-16)20-13-15-9-10-18-17(11-15)12-19(2,3)21-18/h4-11,14,20H,12-13H2,1-3H3. The van der Waals surface area contributed by atoms with E-state index in [1.165, 1.54) is 16.7 Å². The van der Waals surface area contributed by atoms with Crippen LogP contribution in [0, 0.1) is 0 Å². The number of ether oxygens (including phenoxy) is 1. The maximum Gasteiger partial charge on any atom is 0.123 e. The fourth-order valence-corrected chi connectivity index (χ4v) is 2.90. The summed E-state index contributed by atoms with van der Waals surface area (Å²) in [5.41, 5.74) is 3.90. The van der Waals surface area contributed by atoms with E-state index >= 15 is 0 Å². The maximum absolute atomic E-state index is 5.92. The Kier molecular flexibility index (Phi) is 3.73. The minimum absolute atomic E-state index is 0.0638. The third-order valence-corrected chi connectivity index (χ3v) is 4.04. The summed E-state index contributed by atoms with van der Waals surface area (Å²) in [5.74, 6) is 1.04. The summed E-state index contributed by atoms with van der Waals surface area (Å²) >= 11 is 0. The zero-order valence-corrected chi connectivity index (χ0v) is 13.0. The summed E-state index contributed by atoms with van der Waals surface area (Å²) < 4.78 is 5.92. The molecule has 1 heterocycles. The van der Waals surface area contributed by atoms with Crippen LogP contribution in [0.25, 0.3) is 0 Å². The van der Waals surface area contributed by atoms with Crippen molar-refractivity contribution in [2.75, 3.05) is 0 Å². The van der Waals surface area contributed by atoms with Crippen LogP contribution in [0.2, 0.25) is 0 Å². The number of nitrogens with one attached hydrogen (secondary N) is 1. The molecule has 0 bridgehead atoms. The van der Waals surface area contributed by atoms with E-state index in [1.54, 1.807) is 0 Å². The molecule has 0 saturated heterocycles. The molecule has 0 radical (unpaired) electrons. The van der Waals surface area contributed by atoms with E-state index in [9.17, 15) is 0 Å². The van der Waals surface area contributed by atoms with Crippen molar-refractivity contribution >= 4 is 0 Å². The van der Waals surface area contributed by atoms with Gasteiger partial charge in [0.05, 0.1) is 0 Å². The van der Waals surface area contributed by atoms with Gasteiger partial charge in [-0.05, 0) is 43.5 Å². The van der Waals surface area contributed by atoms with Gasteiger partial charge in [-0.3, -0.25) is 0 Å². The van der Waals surface area contributed by atoms with Crippen molar-refractivity contribution in [1.29, 1.82) is 0 Å². The molecule has 0 fully saturated rings. The van der Waals surface area contributed by atoms with Gasteiger partial charge in [0.15, 0.2) is 0 Å². The highest BCUT2D eigenvalue weighted by molar-refractivity contribution is 5.41. The number of benzene rings is 2. The first kappa shape index (κ1) is 14.2. The molecule has 0 aliphatic carbocycles. The minimum Gasteiger partial charge on any atom is -0.487 e. The highest BCUT2D eigenvalue weighted by atomic mass is 16.5. The second-order valence-corrected chi connectivity index (χ2v) is 6.49. The molecule has 2 aromatic carbocycles. The Hall–Kier alpha value is -1.80. The second kappa shape index (κ2) is 5.53. The molecular formula is C19H23NO. The molecule has 1 atom stereocenters. The van der Waals surface area contributed by atoms with Crippen LogP contribution in [0.3, 0.4) is 0 Å². The van der Waals surface area contributed by atoms with Crippen LogP contribution in [0.4, 0.5) is 0 Å². The van der Waals surface area contributed by atoms with Crippen LogP contribution in [-0.2, 0) is 13.0 Å². The fourth-order valence-electron chi connectivity index (χ4n) is 2.90. The fraction of sp³-hybridized carbons (Fsp3) is 0.368. The molecular weight excluding hydrogens is 258 g/mol. The lowest BCUT2D eigenvalue weighted by atomic mass is 10.00. The number of hydrogen-bond acceptors (Lipinski definition) is 2. The van der Waals surface area contributed by atoms with E-state index < -0.39 is 0 Å². The van der Waals surface area contributed by atoms with Crippen LogP contribution in [0.5, 0.6) is 5.75 Å². The van der Waals surface area contributed by atoms with Gasteiger partial charge in [-0.15, -0.1) is 0 Å². The van der Waals surface area contributed by atoms with Crippen molar-refractivity contribution in [3.05, 3.63) is 65.2 Å². The first-order chi connectivity index (χ1) is 10.0. The third kappa shape index (κ3) is 3.27. The Morgan fingerprint density at radius 3 is 2.67 bits per heavy atom. The van der Waals surface area contributed by atoms with Crippen LogP contribution in [-0.4, -0.2) is 5.60 Å². The van der Waals surface area contributed by atoms with E-state index in [-0.39, 0.29) is 5.60 Å². The summed E-state index contributed by atoms with van der Waals surface area (Å²) in [4.78, 5) is 0. The molecule has 1 N–H and O–H groups in total.